The number of nitrogens with zero attached hydrogens (tertiary/aromatic N) is 2. The SMILES string of the molecule is CCC1[C@H](C)C(Nc2cccc(C)n2)c2ccccc2N1C(C)=O. The van der Waals surface area contributed by atoms with Gasteiger partial charge in [-0.15, -0.1) is 0 Å². The predicted molar refractivity (Wildman–Crippen MR) is 98.2 cm³/mol. The normalized spacial score (nSPS) is 22.8. The molecule has 2 unspecified atom stereocenters. The number of pyridine rings is 1. The number of carbonyl (C=O) groups is 1. The molecule has 2 aromatic rings. The van der Waals surface area contributed by atoms with E-state index in [2.05, 4.69) is 30.2 Å². The highest BCUT2D eigenvalue weighted by molar-refractivity contribution is 5.94. The summed E-state index contributed by atoms with van der Waals surface area (Å²) in [5.74, 6) is 1.28. The number of aromatic nitrogens is 1. The zero-order valence-corrected chi connectivity index (χ0v) is 14.8. The van der Waals surface area contributed by atoms with Crippen LogP contribution in [0.15, 0.2) is 42.5 Å². The van der Waals surface area contributed by atoms with Crippen molar-refractivity contribution >= 4 is 17.4 Å². The lowest BCUT2D eigenvalue weighted by molar-refractivity contribution is -0.117. The summed E-state index contributed by atoms with van der Waals surface area (Å²) in [6.45, 7) is 8.01. The maximum Gasteiger partial charge on any atom is 0.224 e. The molecule has 4 nitrogen and oxygen atoms in total. The molecule has 1 aromatic heterocycles. The van der Waals surface area contributed by atoms with E-state index in [0.717, 1.165) is 29.2 Å². The van der Waals surface area contributed by atoms with E-state index in [9.17, 15) is 4.79 Å². The Balaban J connectivity index is 2.05. The second kappa shape index (κ2) is 6.63. The topological polar surface area (TPSA) is 45.2 Å². The summed E-state index contributed by atoms with van der Waals surface area (Å²) in [6.07, 6.45) is 0.925. The molecule has 0 saturated carbocycles. The van der Waals surface area contributed by atoms with Crippen LogP contribution in [-0.2, 0) is 4.79 Å². The van der Waals surface area contributed by atoms with Gasteiger partial charge in [0, 0.05) is 30.3 Å². The standard InChI is InChI=1S/C20H25N3O/c1-5-17-14(3)20(22-19-12-8-9-13(2)21-19)16-10-6-7-11-18(16)23(17)15(4)24/h6-12,14,17,20H,5H2,1-4H3,(H,21,22)/t14-,17?,20?/m0/s1. The molecule has 1 aliphatic rings. The zero-order chi connectivity index (χ0) is 17.3. The summed E-state index contributed by atoms with van der Waals surface area (Å²) in [5, 5.41) is 3.60. The van der Waals surface area contributed by atoms with Gasteiger partial charge in [0.1, 0.15) is 5.82 Å². The Labute approximate surface area is 143 Å². The lowest BCUT2D eigenvalue weighted by atomic mass is 9.81. The van der Waals surface area contributed by atoms with E-state index in [-0.39, 0.29) is 23.9 Å². The van der Waals surface area contributed by atoms with Gasteiger partial charge in [-0.3, -0.25) is 4.79 Å². The van der Waals surface area contributed by atoms with Crippen LogP contribution in [0.3, 0.4) is 0 Å². The van der Waals surface area contributed by atoms with Crippen molar-refractivity contribution in [1.29, 1.82) is 0 Å². The highest BCUT2D eigenvalue weighted by atomic mass is 16.2. The number of hydrogen-bond donors (Lipinski definition) is 1. The summed E-state index contributed by atoms with van der Waals surface area (Å²) >= 11 is 0. The minimum absolute atomic E-state index is 0.105. The first-order valence-corrected chi connectivity index (χ1v) is 8.61. The third kappa shape index (κ3) is 2.88. The maximum atomic E-state index is 12.3. The molecular formula is C20H25N3O. The number of hydrogen-bond acceptors (Lipinski definition) is 3. The Hall–Kier alpha value is -2.36. The second-order valence-electron chi connectivity index (χ2n) is 6.57. The van der Waals surface area contributed by atoms with E-state index in [1.165, 1.54) is 0 Å². The first-order valence-electron chi connectivity index (χ1n) is 8.61. The van der Waals surface area contributed by atoms with Gasteiger partial charge in [-0.1, -0.05) is 38.1 Å². The van der Waals surface area contributed by atoms with Crippen molar-refractivity contribution in [2.45, 2.75) is 46.2 Å². The van der Waals surface area contributed by atoms with Gasteiger partial charge in [-0.2, -0.15) is 0 Å². The monoisotopic (exact) mass is 323 g/mol. The summed E-state index contributed by atoms with van der Waals surface area (Å²) < 4.78 is 0. The van der Waals surface area contributed by atoms with Gasteiger partial charge in [0.15, 0.2) is 0 Å². The quantitative estimate of drug-likeness (QED) is 0.914. The molecule has 0 saturated heterocycles. The van der Waals surface area contributed by atoms with Crippen molar-refractivity contribution < 1.29 is 4.79 Å². The molecule has 0 aliphatic carbocycles. The number of carbonyl (C=O) groups excluding carboxylic acids is 1. The van der Waals surface area contributed by atoms with Gasteiger partial charge in [0.2, 0.25) is 5.91 Å². The summed E-state index contributed by atoms with van der Waals surface area (Å²) in [5.41, 5.74) is 3.17. The molecule has 1 aliphatic heterocycles. The molecule has 0 fully saturated rings. The van der Waals surface area contributed by atoms with Crippen molar-refractivity contribution in [3.05, 3.63) is 53.7 Å². The van der Waals surface area contributed by atoms with Crippen molar-refractivity contribution in [3.8, 4) is 0 Å². The molecule has 3 atom stereocenters. The number of para-hydroxylation sites is 1. The fraction of sp³-hybridized carbons (Fsp3) is 0.400. The Morgan fingerprint density at radius 1 is 1.21 bits per heavy atom. The van der Waals surface area contributed by atoms with Crippen LogP contribution in [0.1, 0.15) is 44.5 Å². The highest BCUT2D eigenvalue weighted by Crippen LogP contribution is 2.43. The van der Waals surface area contributed by atoms with Crippen molar-refractivity contribution in [1.82, 2.24) is 4.98 Å². The molecule has 1 aromatic carbocycles. The van der Waals surface area contributed by atoms with Crippen LogP contribution in [0.2, 0.25) is 0 Å². The lowest BCUT2D eigenvalue weighted by Gasteiger charge is -2.45. The van der Waals surface area contributed by atoms with Crippen molar-refractivity contribution in [2.75, 3.05) is 10.2 Å². The number of aryl methyl sites for hydroxylation is 1. The number of rotatable bonds is 3. The molecule has 1 N–H and O–H groups in total. The molecule has 2 heterocycles. The molecule has 0 spiro atoms. The lowest BCUT2D eigenvalue weighted by Crippen LogP contribution is -2.49. The molecule has 0 radical (unpaired) electrons. The van der Waals surface area contributed by atoms with Gasteiger partial charge in [-0.05, 0) is 37.1 Å². The van der Waals surface area contributed by atoms with E-state index >= 15 is 0 Å². The van der Waals surface area contributed by atoms with Crippen LogP contribution < -0.4 is 10.2 Å². The summed E-state index contributed by atoms with van der Waals surface area (Å²) in [4.78, 5) is 18.8. The average molecular weight is 323 g/mol. The van der Waals surface area contributed by atoms with Crippen LogP contribution in [0, 0.1) is 12.8 Å². The molecular weight excluding hydrogens is 298 g/mol. The van der Waals surface area contributed by atoms with Crippen LogP contribution in [-0.4, -0.2) is 16.9 Å². The Morgan fingerprint density at radius 3 is 2.62 bits per heavy atom. The van der Waals surface area contributed by atoms with Gasteiger partial charge in [0.25, 0.3) is 0 Å². The maximum absolute atomic E-state index is 12.3. The van der Waals surface area contributed by atoms with Gasteiger partial charge in [-0.25, -0.2) is 4.98 Å². The zero-order valence-electron chi connectivity index (χ0n) is 14.8. The molecule has 3 rings (SSSR count). The van der Waals surface area contributed by atoms with E-state index < -0.39 is 0 Å². The number of amides is 1. The van der Waals surface area contributed by atoms with Crippen molar-refractivity contribution in [3.63, 3.8) is 0 Å². The van der Waals surface area contributed by atoms with E-state index in [1.54, 1.807) is 6.92 Å². The summed E-state index contributed by atoms with van der Waals surface area (Å²) in [6, 6.07) is 14.5. The third-order valence-corrected chi connectivity index (χ3v) is 4.94. The van der Waals surface area contributed by atoms with E-state index in [4.69, 9.17) is 0 Å². The fourth-order valence-corrected chi connectivity index (χ4v) is 3.84. The van der Waals surface area contributed by atoms with Gasteiger partial charge < -0.3 is 10.2 Å². The van der Waals surface area contributed by atoms with Crippen LogP contribution in [0.4, 0.5) is 11.5 Å². The first kappa shape index (κ1) is 16.5. The minimum Gasteiger partial charge on any atom is -0.363 e. The van der Waals surface area contributed by atoms with Crippen LogP contribution in [0.25, 0.3) is 0 Å². The average Bonchev–Trinajstić information content (AvgIpc) is 2.56. The summed E-state index contributed by atoms with van der Waals surface area (Å²) in [7, 11) is 0. The molecule has 24 heavy (non-hydrogen) atoms. The molecule has 126 valence electrons. The second-order valence-corrected chi connectivity index (χ2v) is 6.57. The van der Waals surface area contributed by atoms with Gasteiger partial charge >= 0.3 is 0 Å². The Kier molecular flexibility index (Phi) is 4.56. The molecule has 1 amide bonds. The molecule has 0 bridgehead atoms. The van der Waals surface area contributed by atoms with Crippen molar-refractivity contribution in [2.24, 2.45) is 5.92 Å². The third-order valence-electron chi connectivity index (χ3n) is 4.94. The number of anilines is 2. The smallest absolute Gasteiger partial charge is 0.224 e. The van der Waals surface area contributed by atoms with E-state index in [1.807, 2.05) is 48.2 Å². The van der Waals surface area contributed by atoms with Crippen LogP contribution in [0.5, 0.6) is 0 Å². The number of fused-ring (bicyclic) bond motifs is 1. The first-order chi connectivity index (χ1) is 11.5. The van der Waals surface area contributed by atoms with E-state index in [0.29, 0.717) is 0 Å². The van der Waals surface area contributed by atoms with Crippen LogP contribution >= 0.6 is 0 Å². The highest BCUT2D eigenvalue weighted by Gasteiger charge is 2.39. The Bertz CT molecular complexity index is 743. The molecule has 4 heteroatoms. The fourth-order valence-electron chi connectivity index (χ4n) is 3.84. The number of benzene rings is 1. The number of nitrogens with one attached hydrogen (secondary N) is 1. The largest absolute Gasteiger partial charge is 0.363 e. The Morgan fingerprint density at radius 2 is 1.96 bits per heavy atom. The predicted octanol–water partition coefficient (Wildman–Crippen LogP) is 4.32. The minimum atomic E-state index is 0.105. The van der Waals surface area contributed by atoms with Gasteiger partial charge in [0.05, 0.1) is 6.04 Å².